The largest absolute Gasteiger partial charge is 0.478 e. The zero-order valence-electron chi connectivity index (χ0n) is 6.32. The van der Waals surface area contributed by atoms with E-state index in [-0.39, 0.29) is 6.04 Å². The number of nitrogens with zero attached hydrogens (tertiary/aromatic N) is 1. The van der Waals surface area contributed by atoms with Gasteiger partial charge in [-0.15, -0.1) is 0 Å². The van der Waals surface area contributed by atoms with E-state index in [1.165, 1.54) is 12.3 Å². The minimum Gasteiger partial charge on any atom is -0.478 e. The molecule has 0 amide bonds. The number of aromatic nitrogens is 1. The van der Waals surface area contributed by atoms with Crippen molar-refractivity contribution in [2.24, 2.45) is 0 Å². The van der Waals surface area contributed by atoms with Gasteiger partial charge in [-0.25, -0.2) is 4.79 Å². The molecule has 1 aliphatic heterocycles. The molecule has 4 heteroatoms. The maximum atomic E-state index is 10.5. The predicted octanol–water partition coefficient (Wildman–Crippen LogP) is 0.424. The van der Waals surface area contributed by atoms with Crippen molar-refractivity contribution in [2.45, 2.75) is 6.04 Å². The first-order valence-electron chi connectivity index (χ1n) is 3.70. The van der Waals surface area contributed by atoms with Gasteiger partial charge in [0.1, 0.15) is 0 Å². The van der Waals surface area contributed by atoms with E-state index >= 15 is 0 Å². The maximum absolute atomic E-state index is 10.5. The maximum Gasteiger partial charge on any atom is 0.335 e. The fourth-order valence-electron chi connectivity index (χ4n) is 1.04. The van der Waals surface area contributed by atoms with Crippen LogP contribution in [0.4, 0.5) is 0 Å². The first kappa shape index (κ1) is 7.24. The standard InChI is InChI=1S/C8H8N2O2/c11-8(12)5-1-2-9-6(3-5)7-4-10-7/h1-3,7,10H,4H2,(H,11,12). The topological polar surface area (TPSA) is 72.1 Å². The molecule has 2 rings (SSSR count). The van der Waals surface area contributed by atoms with Gasteiger partial charge < -0.3 is 10.4 Å². The van der Waals surface area contributed by atoms with Gasteiger partial charge in [0, 0.05) is 12.7 Å². The van der Waals surface area contributed by atoms with Gasteiger partial charge in [-0.05, 0) is 12.1 Å². The summed E-state index contributed by atoms with van der Waals surface area (Å²) >= 11 is 0. The van der Waals surface area contributed by atoms with Gasteiger partial charge in [0.15, 0.2) is 0 Å². The molecule has 62 valence electrons. The smallest absolute Gasteiger partial charge is 0.335 e. The van der Waals surface area contributed by atoms with Crippen LogP contribution in [0, 0.1) is 0 Å². The summed E-state index contributed by atoms with van der Waals surface area (Å²) in [5.41, 5.74) is 1.11. The molecule has 1 aliphatic rings. The Kier molecular flexibility index (Phi) is 1.55. The Morgan fingerprint density at radius 2 is 2.50 bits per heavy atom. The Balaban J connectivity index is 2.32. The molecular weight excluding hydrogens is 156 g/mol. The SMILES string of the molecule is O=C(O)c1ccnc(C2CN2)c1. The van der Waals surface area contributed by atoms with Gasteiger partial charge >= 0.3 is 5.97 Å². The summed E-state index contributed by atoms with van der Waals surface area (Å²) in [6.45, 7) is 0.899. The lowest BCUT2D eigenvalue weighted by molar-refractivity contribution is 0.0696. The third kappa shape index (κ3) is 1.29. The summed E-state index contributed by atoms with van der Waals surface area (Å²) in [5.74, 6) is -0.903. The van der Waals surface area contributed by atoms with Crippen LogP contribution in [0.15, 0.2) is 18.3 Å². The minimum atomic E-state index is -0.903. The Morgan fingerprint density at radius 3 is 3.08 bits per heavy atom. The first-order valence-corrected chi connectivity index (χ1v) is 3.70. The third-order valence-corrected chi connectivity index (χ3v) is 1.79. The van der Waals surface area contributed by atoms with Crippen molar-refractivity contribution in [3.63, 3.8) is 0 Å². The van der Waals surface area contributed by atoms with E-state index in [9.17, 15) is 4.79 Å². The van der Waals surface area contributed by atoms with Gasteiger partial charge in [-0.1, -0.05) is 0 Å². The highest BCUT2D eigenvalue weighted by Crippen LogP contribution is 2.19. The van der Waals surface area contributed by atoms with Crippen LogP contribution in [0.1, 0.15) is 22.1 Å². The average Bonchev–Trinajstić information content (AvgIpc) is 2.87. The lowest BCUT2D eigenvalue weighted by Gasteiger charge is -1.96. The number of carboxylic acid groups (broad SMARTS) is 1. The fourth-order valence-corrected chi connectivity index (χ4v) is 1.04. The van der Waals surface area contributed by atoms with Crippen molar-refractivity contribution in [3.8, 4) is 0 Å². The van der Waals surface area contributed by atoms with Crippen molar-refractivity contribution in [1.29, 1.82) is 0 Å². The summed E-state index contributed by atoms with van der Waals surface area (Å²) in [6.07, 6.45) is 1.53. The van der Waals surface area contributed by atoms with Gasteiger partial charge in [0.25, 0.3) is 0 Å². The molecule has 0 bridgehead atoms. The molecule has 0 aliphatic carbocycles. The molecule has 0 aromatic carbocycles. The molecule has 1 atom stereocenters. The molecule has 2 heterocycles. The van der Waals surface area contributed by atoms with Gasteiger partial charge in [0.2, 0.25) is 0 Å². The molecular formula is C8H8N2O2. The first-order chi connectivity index (χ1) is 5.77. The normalized spacial score (nSPS) is 20.5. The van der Waals surface area contributed by atoms with Crippen molar-refractivity contribution in [2.75, 3.05) is 6.54 Å². The van der Waals surface area contributed by atoms with E-state index < -0.39 is 5.97 Å². The molecule has 12 heavy (non-hydrogen) atoms. The second-order valence-electron chi connectivity index (χ2n) is 2.74. The Hall–Kier alpha value is -1.42. The number of hydrogen-bond acceptors (Lipinski definition) is 3. The van der Waals surface area contributed by atoms with Crippen molar-refractivity contribution in [3.05, 3.63) is 29.6 Å². The number of pyridine rings is 1. The number of aromatic carboxylic acids is 1. The molecule has 0 saturated carbocycles. The van der Waals surface area contributed by atoms with E-state index in [1.54, 1.807) is 6.07 Å². The fraction of sp³-hybridized carbons (Fsp3) is 0.250. The Bertz CT molecular complexity index is 321. The van der Waals surface area contributed by atoms with Crippen LogP contribution >= 0.6 is 0 Å². The molecule has 2 N–H and O–H groups in total. The van der Waals surface area contributed by atoms with Crippen LogP contribution in [-0.2, 0) is 0 Å². The zero-order chi connectivity index (χ0) is 8.55. The summed E-state index contributed by atoms with van der Waals surface area (Å²) in [6, 6.07) is 3.37. The van der Waals surface area contributed by atoms with Gasteiger partial charge in [-0.3, -0.25) is 4.98 Å². The van der Waals surface area contributed by atoms with Crippen LogP contribution in [0.5, 0.6) is 0 Å². The predicted molar refractivity (Wildman–Crippen MR) is 41.9 cm³/mol. The second-order valence-corrected chi connectivity index (χ2v) is 2.74. The van der Waals surface area contributed by atoms with Crippen LogP contribution < -0.4 is 5.32 Å². The van der Waals surface area contributed by atoms with E-state index in [4.69, 9.17) is 5.11 Å². The molecule has 1 aromatic rings. The molecule has 4 nitrogen and oxygen atoms in total. The monoisotopic (exact) mass is 164 g/mol. The van der Waals surface area contributed by atoms with E-state index in [1.807, 2.05) is 0 Å². The quantitative estimate of drug-likeness (QED) is 0.621. The molecule has 0 radical (unpaired) electrons. The molecule has 1 unspecified atom stereocenters. The summed E-state index contributed by atoms with van der Waals surface area (Å²) in [7, 11) is 0. The third-order valence-electron chi connectivity index (χ3n) is 1.79. The lowest BCUT2D eigenvalue weighted by atomic mass is 10.2. The van der Waals surface area contributed by atoms with Gasteiger partial charge in [0.05, 0.1) is 17.3 Å². The summed E-state index contributed by atoms with van der Waals surface area (Å²) < 4.78 is 0. The number of carbonyl (C=O) groups is 1. The van der Waals surface area contributed by atoms with Crippen LogP contribution in [0.2, 0.25) is 0 Å². The number of hydrogen-bond donors (Lipinski definition) is 2. The van der Waals surface area contributed by atoms with Crippen LogP contribution in [-0.4, -0.2) is 22.6 Å². The van der Waals surface area contributed by atoms with E-state index in [0.717, 1.165) is 12.2 Å². The highest BCUT2D eigenvalue weighted by atomic mass is 16.4. The number of carboxylic acids is 1. The highest BCUT2D eigenvalue weighted by molar-refractivity contribution is 5.87. The number of nitrogens with one attached hydrogen (secondary N) is 1. The van der Waals surface area contributed by atoms with Crippen molar-refractivity contribution < 1.29 is 9.90 Å². The Morgan fingerprint density at radius 1 is 1.75 bits per heavy atom. The zero-order valence-corrected chi connectivity index (χ0v) is 6.32. The van der Waals surface area contributed by atoms with Crippen LogP contribution in [0.25, 0.3) is 0 Å². The highest BCUT2D eigenvalue weighted by Gasteiger charge is 2.24. The van der Waals surface area contributed by atoms with Crippen molar-refractivity contribution >= 4 is 5.97 Å². The second kappa shape index (κ2) is 2.57. The molecule has 0 spiro atoms. The molecule has 1 saturated heterocycles. The Labute approximate surface area is 69.2 Å². The summed E-state index contributed by atoms with van der Waals surface area (Å²) in [5, 5.41) is 11.7. The summed E-state index contributed by atoms with van der Waals surface area (Å²) in [4.78, 5) is 14.6. The lowest BCUT2D eigenvalue weighted by Crippen LogP contribution is -1.99. The molecule has 1 fully saturated rings. The van der Waals surface area contributed by atoms with Gasteiger partial charge in [-0.2, -0.15) is 0 Å². The minimum absolute atomic E-state index is 0.268. The van der Waals surface area contributed by atoms with Crippen LogP contribution in [0.3, 0.4) is 0 Å². The average molecular weight is 164 g/mol. The van der Waals surface area contributed by atoms with E-state index in [0.29, 0.717) is 5.56 Å². The molecule has 1 aromatic heterocycles. The number of rotatable bonds is 2. The van der Waals surface area contributed by atoms with E-state index in [2.05, 4.69) is 10.3 Å². The van der Waals surface area contributed by atoms with Crippen molar-refractivity contribution in [1.82, 2.24) is 10.3 Å².